The van der Waals surface area contributed by atoms with Crippen LogP contribution in [0.25, 0.3) is 21.8 Å². The summed E-state index contributed by atoms with van der Waals surface area (Å²) in [5.41, 5.74) is 3.02. The van der Waals surface area contributed by atoms with E-state index in [9.17, 15) is 14.7 Å². The molecule has 1 unspecified atom stereocenters. The van der Waals surface area contributed by atoms with Crippen LogP contribution in [0.4, 0.5) is 0 Å². The molecule has 5 aromatic rings. The van der Waals surface area contributed by atoms with E-state index in [1.54, 1.807) is 18.2 Å². The number of fused-ring (bicyclic) bond motifs is 2. The fraction of sp³-hybridized carbons (Fsp3) is 0.115. The van der Waals surface area contributed by atoms with Gasteiger partial charge >= 0.3 is 5.97 Å². The second kappa shape index (κ2) is 8.93. The molecule has 8 heteroatoms. The number of thiophene rings is 1. The van der Waals surface area contributed by atoms with Crippen LogP contribution in [0.15, 0.2) is 72.9 Å². The van der Waals surface area contributed by atoms with Gasteiger partial charge < -0.3 is 15.0 Å². The predicted molar refractivity (Wildman–Crippen MR) is 135 cm³/mol. The fourth-order valence-electron chi connectivity index (χ4n) is 4.03. The van der Waals surface area contributed by atoms with Crippen LogP contribution in [0.2, 0.25) is 5.02 Å². The van der Waals surface area contributed by atoms with Gasteiger partial charge in [-0.3, -0.25) is 9.78 Å². The van der Waals surface area contributed by atoms with Crippen molar-refractivity contribution in [1.82, 2.24) is 14.9 Å². The lowest BCUT2D eigenvalue weighted by Crippen LogP contribution is -2.26. The summed E-state index contributed by atoms with van der Waals surface area (Å²) >= 11 is 7.48. The first-order chi connectivity index (χ1) is 16.4. The number of halogens is 1. The summed E-state index contributed by atoms with van der Waals surface area (Å²) in [6.07, 6.45) is 1.93. The summed E-state index contributed by atoms with van der Waals surface area (Å²) in [6, 6.07) is 20.3. The number of carbonyl (C=O) groups excluding carboxylic acids is 1. The van der Waals surface area contributed by atoms with E-state index in [4.69, 9.17) is 16.6 Å². The molecule has 0 saturated carbocycles. The number of pyridine rings is 1. The molecule has 1 atom stereocenters. The summed E-state index contributed by atoms with van der Waals surface area (Å²) in [5.74, 6) is -1.26. The average Bonchev–Trinajstić information content (AvgIpc) is 3.46. The Balaban J connectivity index is 1.47. The minimum absolute atomic E-state index is 0.234. The van der Waals surface area contributed by atoms with E-state index in [-0.39, 0.29) is 16.8 Å². The molecule has 34 heavy (non-hydrogen) atoms. The van der Waals surface area contributed by atoms with Gasteiger partial charge in [0.15, 0.2) is 0 Å². The molecular formula is C26H20ClN3O3S. The molecule has 0 bridgehead atoms. The molecule has 0 spiro atoms. The average molecular weight is 490 g/mol. The van der Waals surface area contributed by atoms with E-state index in [0.29, 0.717) is 17.1 Å². The van der Waals surface area contributed by atoms with E-state index >= 15 is 0 Å². The fourth-order valence-corrected chi connectivity index (χ4v) is 5.11. The summed E-state index contributed by atoms with van der Waals surface area (Å²) in [5, 5.41) is 14.6. The quantitative estimate of drug-likeness (QED) is 0.300. The van der Waals surface area contributed by atoms with Crippen LogP contribution in [0.3, 0.4) is 0 Å². The van der Waals surface area contributed by atoms with Crippen molar-refractivity contribution in [2.75, 3.05) is 0 Å². The van der Waals surface area contributed by atoms with E-state index in [1.165, 1.54) is 0 Å². The SMILES string of the molecule is CC(NC(=O)c1cc(Cl)cc2ccn(Cc3ccc4ccccc4n3)c12)c1ccc(C(=O)O)s1. The third kappa shape index (κ3) is 4.27. The Kier molecular flexibility index (Phi) is 5.81. The highest BCUT2D eigenvalue weighted by Gasteiger charge is 2.19. The number of nitrogens with zero attached hydrogens (tertiary/aromatic N) is 2. The Hall–Kier alpha value is -3.68. The zero-order valence-corrected chi connectivity index (χ0v) is 19.7. The van der Waals surface area contributed by atoms with Gasteiger partial charge in [-0.1, -0.05) is 35.9 Å². The number of para-hydroxylation sites is 1. The van der Waals surface area contributed by atoms with Gasteiger partial charge in [0.2, 0.25) is 0 Å². The van der Waals surface area contributed by atoms with Crippen molar-refractivity contribution in [3.05, 3.63) is 99.0 Å². The molecule has 2 aromatic carbocycles. The third-order valence-corrected chi connectivity index (χ3v) is 7.14. The standard InChI is InChI=1S/C26H20ClN3O3S/c1-15(22-8-9-23(34-22)26(32)33)28-25(31)20-13-18(27)12-17-10-11-30(24(17)20)14-19-7-6-16-4-2-3-5-21(16)29-19/h2-13,15H,14H2,1H3,(H,28,31)(H,32,33). The first kappa shape index (κ1) is 22.1. The summed E-state index contributed by atoms with van der Waals surface area (Å²) < 4.78 is 2.00. The summed E-state index contributed by atoms with van der Waals surface area (Å²) in [7, 11) is 0. The van der Waals surface area contributed by atoms with Crippen molar-refractivity contribution in [2.45, 2.75) is 19.5 Å². The second-order valence-corrected chi connectivity index (χ2v) is 9.58. The summed E-state index contributed by atoms with van der Waals surface area (Å²) in [4.78, 5) is 30.3. The number of carbonyl (C=O) groups is 2. The number of aromatic nitrogens is 2. The molecule has 170 valence electrons. The number of hydrogen-bond acceptors (Lipinski definition) is 4. The van der Waals surface area contributed by atoms with Crippen molar-refractivity contribution in [2.24, 2.45) is 0 Å². The number of amides is 1. The van der Waals surface area contributed by atoms with Gasteiger partial charge in [-0.05, 0) is 49.4 Å². The highest BCUT2D eigenvalue weighted by atomic mass is 35.5. The summed E-state index contributed by atoms with van der Waals surface area (Å²) in [6.45, 7) is 2.33. The van der Waals surface area contributed by atoms with Gasteiger partial charge in [0.25, 0.3) is 5.91 Å². The molecular weight excluding hydrogens is 470 g/mol. The van der Waals surface area contributed by atoms with Crippen molar-refractivity contribution >= 4 is 56.6 Å². The van der Waals surface area contributed by atoms with Gasteiger partial charge in [-0.2, -0.15) is 0 Å². The zero-order chi connectivity index (χ0) is 23.8. The molecule has 0 aliphatic carbocycles. The molecule has 0 aliphatic heterocycles. The molecule has 1 amide bonds. The van der Waals surface area contributed by atoms with Crippen LogP contribution in [0, 0.1) is 0 Å². The Bertz CT molecular complexity index is 1560. The molecule has 0 radical (unpaired) electrons. The van der Waals surface area contributed by atoms with Crippen LogP contribution in [-0.4, -0.2) is 26.5 Å². The number of benzene rings is 2. The number of nitrogens with one attached hydrogen (secondary N) is 1. The number of carboxylic acid groups (broad SMARTS) is 1. The molecule has 0 aliphatic rings. The normalized spacial score (nSPS) is 12.2. The van der Waals surface area contributed by atoms with E-state index < -0.39 is 5.97 Å². The molecule has 0 saturated heterocycles. The van der Waals surface area contributed by atoms with Gasteiger partial charge in [-0.25, -0.2) is 4.79 Å². The Morgan fingerprint density at radius 1 is 1.09 bits per heavy atom. The van der Waals surface area contributed by atoms with Gasteiger partial charge in [-0.15, -0.1) is 11.3 Å². The first-order valence-corrected chi connectivity index (χ1v) is 11.9. The maximum absolute atomic E-state index is 13.3. The number of hydrogen-bond donors (Lipinski definition) is 2. The Morgan fingerprint density at radius 2 is 1.91 bits per heavy atom. The van der Waals surface area contributed by atoms with E-state index in [0.717, 1.165) is 43.7 Å². The van der Waals surface area contributed by atoms with Crippen LogP contribution >= 0.6 is 22.9 Å². The molecule has 5 rings (SSSR count). The Labute approximate surface area is 204 Å². The highest BCUT2D eigenvalue weighted by molar-refractivity contribution is 7.14. The van der Waals surface area contributed by atoms with Crippen molar-refractivity contribution < 1.29 is 14.7 Å². The van der Waals surface area contributed by atoms with Crippen LogP contribution in [0.5, 0.6) is 0 Å². The molecule has 3 aromatic heterocycles. The highest BCUT2D eigenvalue weighted by Crippen LogP contribution is 2.28. The Morgan fingerprint density at radius 3 is 2.71 bits per heavy atom. The zero-order valence-electron chi connectivity index (χ0n) is 18.2. The van der Waals surface area contributed by atoms with Crippen LogP contribution in [-0.2, 0) is 6.54 Å². The third-order valence-electron chi connectivity index (χ3n) is 5.67. The lowest BCUT2D eigenvalue weighted by Gasteiger charge is -2.15. The van der Waals surface area contributed by atoms with Gasteiger partial charge in [0.05, 0.1) is 34.9 Å². The minimum Gasteiger partial charge on any atom is -0.477 e. The van der Waals surface area contributed by atoms with Crippen LogP contribution in [0.1, 0.15) is 43.6 Å². The van der Waals surface area contributed by atoms with Gasteiger partial charge in [0.1, 0.15) is 4.88 Å². The maximum Gasteiger partial charge on any atom is 0.345 e. The molecule has 6 nitrogen and oxygen atoms in total. The molecule has 2 N–H and O–H groups in total. The minimum atomic E-state index is -0.980. The van der Waals surface area contributed by atoms with E-state index in [1.807, 2.05) is 66.2 Å². The predicted octanol–water partition coefficient (Wildman–Crippen LogP) is 6.14. The van der Waals surface area contributed by atoms with Gasteiger partial charge in [0, 0.05) is 26.9 Å². The topological polar surface area (TPSA) is 84.2 Å². The smallest absolute Gasteiger partial charge is 0.345 e. The first-order valence-electron chi connectivity index (χ1n) is 10.7. The lowest BCUT2D eigenvalue weighted by molar-refractivity contribution is 0.0702. The number of rotatable bonds is 6. The van der Waals surface area contributed by atoms with Crippen molar-refractivity contribution in [3.8, 4) is 0 Å². The number of aromatic carboxylic acids is 1. The van der Waals surface area contributed by atoms with Crippen LogP contribution < -0.4 is 5.32 Å². The molecule has 0 fully saturated rings. The number of carboxylic acids is 1. The molecule has 3 heterocycles. The monoisotopic (exact) mass is 489 g/mol. The van der Waals surface area contributed by atoms with Crippen molar-refractivity contribution in [3.63, 3.8) is 0 Å². The second-order valence-electron chi connectivity index (χ2n) is 8.03. The van der Waals surface area contributed by atoms with E-state index in [2.05, 4.69) is 5.32 Å². The lowest BCUT2D eigenvalue weighted by atomic mass is 10.1. The van der Waals surface area contributed by atoms with Crippen molar-refractivity contribution in [1.29, 1.82) is 0 Å². The maximum atomic E-state index is 13.3. The largest absolute Gasteiger partial charge is 0.477 e.